The molecule has 0 aliphatic carbocycles. The molecule has 0 spiro atoms. The molecule has 0 aliphatic heterocycles. The first-order chi connectivity index (χ1) is 17.0. The van der Waals surface area contributed by atoms with Gasteiger partial charge in [0.15, 0.2) is 0 Å². The standard InChI is InChI=1S/C21H14BrN3O2.2H3O4P/c1-13(26)25-12-19(18-9-17(22)4-5-20(18)25)16(11-24)8-15-7-14(10-23)3-6-21(15)27-2;2*1-5(2,3)4/h3-9,12H,1-2H3;2*(H3,1,2,3,4). The monoisotopic (exact) mass is 615 g/mol. The minimum absolute atomic E-state index is 0.144. The quantitative estimate of drug-likeness (QED) is 0.184. The molecule has 0 amide bonds. The van der Waals surface area contributed by atoms with Gasteiger partial charge in [0.2, 0.25) is 5.91 Å². The first-order valence-electron chi connectivity index (χ1n) is 9.57. The van der Waals surface area contributed by atoms with Gasteiger partial charge >= 0.3 is 15.6 Å². The Hall–Kier alpha value is -3.13. The third-order valence-corrected chi connectivity index (χ3v) is 4.67. The number of carbonyl (C=O) groups is 1. The van der Waals surface area contributed by atoms with Crippen LogP contribution in [0.25, 0.3) is 22.6 Å². The second-order valence-corrected chi connectivity index (χ2v) is 9.83. The van der Waals surface area contributed by atoms with E-state index in [4.69, 9.17) is 48.5 Å². The second-order valence-electron chi connectivity index (χ2n) is 6.86. The number of aromatic nitrogens is 1. The van der Waals surface area contributed by atoms with Crippen LogP contribution in [0.15, 0.2) is 47.1 Å². The van der Waals surface area contributed by atoms with Crippen molar-refractivity contribution < 1.29 is 48.0 Å². The molecule has 3 rings (SSSR count). The molecule has 196 valence electrons. The largest absolute Gasteiger partial charge is 0.496 e. The van der Waals surface area contributed by atoms with Gasteiger partial charge in [-0.25, -0.2) is 9.13 Å². The Kier molecular flexibility index (Phi) is 11.6. The maximum atomic E-state index is 12.0. The van der Waals surface area contributed by atoms with Crippen molar-refractivity contribution in [1.29, 1.82) is 10.5 Å². The number of nitrogens with zero attached hydrogens (tertiary/aromatic N) is 3. The summed E-state index contributed by atoms with van der Waals surface area (Å²) in [5.41, 5.74) is 2.81. The normalized spacial score (nSPS) is 11.3. The summed E-state index contributed by atoms with van der Waals surface area (Å²) >= 11 is 3.44. The number of carbonyl (C=O) groups excluding carboxylic acids is 1. The van der Waals surface area contributed by atoms with Crippen LogP contribution in [0.3, 0.4) is 0 Å². The molecule has 0 atom stereocenters. The molecule has 0 unspecified atom stereocenters. The maximum absolute atomic E-state index is 12.0. The first kappa shape index (κ1) is 31.9. The van der Waals surface area contributed by atoms with E-state index in [9.17, 15) is 10.1 Å². The third kappa shape index (κ3) is 11.2. The van der Waals surface area contributed by atoms with Crippen molar-refractivity contribution in [3.8, 4) is 17.9 Å². The zero-order valence-electron chi connectivity index (χ0n) is 19.0. The van der Waals surface area contributed by atoms with Crippen molar-refractivity contribution in [2.24, 2.45) is 0 Å². The van der Waals surface area contributed by atoms with Crippen LogP contribution in [0, 0.1) is 22.7 Å². The van der Waals surface area contributed by atoms with Gasteiger partial charge in [-0.1, -0.05) is 15.9 Å². The molecule has 0 saturated carbocycles. The van der Waals surface area contributed by atoms with Crippen LogP contribution < -0.4 is 4.74 Å². The Morgan fingerprint density at radius 1 is 1.03 bits per heavy atom. The SMILES string of the molecule is COc1ccc(C#N)cc1C=C(C#N)c1cn(C(C)=O)c2ccc(Br)cc12.O=P(O)(O)O.O=P(O)(O)O. The van der Waals surface area contributed by atoms with E-state index in [1.54, 1.807) is 30.5 Å². The fourth-order valence-corrected chi connectivity index (χ4v) is 3.28. The molecule has 37 heavy (non-hydrogen) atoms. The van der Waals surface area contributed by atoms with Gasteiger partial charge in [-0.15, -0.1) is 0 Å². The number of nitriles is 2. The molecule has 16 heteroatoms. The van der Waals surface area contributed by atoms with Crippen molar-refractivity contribution >= 4 is 60.0 Å². The van der Waals surface area contributed by atoms with Crippen LogP contribution in [-0.4, -0.2) is 46.9 Å². The second kappa shape index (κ2) is 13.4. The topological polar surface area (TPSA) is 234 Å². The number of allylic oxidation sites excluding steroid dienone is 1. The molecule has 0 fully saturated rings. The van der Waals surface area contributed by atoms with Crippen molar-refractivity contribution in [1.82, 2.24) is 4.57 Å². The van der Waals surface area contributed by atoms with Crippen LogP contribution in [0.5, 0.6) is 5.75 Å². The van der Waals surface area contributed by atoms with E-state index in [0.717, 1.165) is 15.4 Å². The van der Waals surface area contributed by atoms with Crippen molar-refractivity contribution in [3.05, 3.63) is 63.8 Å². The lowest BCUT2D eigenvalue weighted by Gasteiger charge is -2.06. The fourth-order valence-electron chi connectivity index (χ4n) is 2.92. The predicted molar refractivity (Wildman–Crippen MR) is 136 cm³/mol. The highest BCUT2D eigenvalue weighted by Crippen LogP contribution is 2.32. The molecule has 6 N–H and O–H groups in total. The average molecular weight is 616 g/mol. The average Bonchev–Trinajstić information content (AvgIpc) is 3.13. The predicted octanol–water partition coefficient (Wildman–Crippen LogP) is 3.15. The van der Waals surface area contributed by atoms with E-state index >= 15 is 0 Å². The molecule has 0 saturated heterocycles. The molecular weight excluding hydrogens is 596 g/mol. The third-order valence-electron chi connectivity index (χ3n) is 4.18. The van der Waals surface area contributed by atoms with E-state index < -0.39 is 15.6 Å². The van der Waals surface area contributed by atoms with Gasteiger partial charge in [-0.05, 0) is 42.5 Å². The summed E-state index contributed by atoms with van der Waals surface area (Å²) in [6.07, 6.45) is 3.33. The molecule has 0 bridgehead atoms. The van der Waals surface area contributed by atoms with Gasteiger partial charge in [0.05, 0.1) is 35.9 Å². The summed E-state index contributed by atoms with van der Waals surface area (Å²) in [6.45, 7) is 1.47. The number of rotatable bonds is 3. The molecule has 0 radical (unpaired) electrons. The number of hydrogen-bond acceptors (Lipinski definition) is 6. The minimum Gasteiger partial charge on any atom is -0.496 e. The number of phosphoric acid groups is 2. The van der Waals surface area contributed by atoms with E-state index in [2.05, 4.69) is 28.1 Å². The number of halogens is 1. The van der Waals surface area contributed by atoms with E-state index in [1.807, 2.05) is 18.2 Å². The van der Waals surface area contributed by atoms with Gasteiger partial charge in [0.1, 0.15) is 5.75 Å². The summed E-state index contributed by atoms with van der Waals surface area (Å²) in [4.78, 5) is 55.1. The number of ether oxygens (including phenoxy) is 1. The highest BCUT2D eigenvalue weighted by atomic mass is 79.9. The van der Waals surface area contributed by atoms with Gasteiger partial charge in [-0.2, -0.15) is 10.5 Å². The van der Waals surface area contributed by atoms with E-state index in [-0.39, 0.29) is 5.91 Å². The van der Waals surface area contributed by atoms with Crippen LogP contribution in [-0.2, 0) is 9.13 Å². The van der Waals surface area contributed by atoms with Gasteiger partial charge in [-0.3, -0.25) is 9.36 Å². The Labute approximate surface area is 218 Å². The lowest BCUT2D eigenvalue weighted by Crippen LogP contribution is -2.02. The molecule has 2 aromatic carbocycles. The highest BCUT2D eigenvalue weighted by molar-refractivity contribution is 9.10. The molecule has 1 aromatic heterocycles. The van der Waals surface area contributed by atoms with Gasteiger partial charge < -0.3 is 34.1 Å². The molecule has 1 heterocycles. The maximum Gasteiger partial charge on any atom is 0.466 e. The summed E-state index contributed by atoms with van der Waals surface area (Å²) in [5.74, 6) is 0.410. The molecule has 3 aromatic rings. The summed E-state index contributed by atoms with van der Waals surface area (Å²) < 4.78 is 25.5. The van der Waals surface area contributed by atoms with Gasteiger partial charge in [0, 0.05) is 34.1 Å². The zero-order chi connectivity index (χ0) is 28.6. The van der Waals surface area contributed by atoms with E-state index in [1.165, 1.54) is 18.6 Å². The lowest BCUT2D eigenvalue weighted by molar-refractivity contribution is 0.0941. The van der Waals surface area contributed by atoms with Gasteiger partial charge in [0.25, 0.3) is 0 Å². The Balaban J connectivity index is 0.000000583. The number of fused-ring (bicyclic) bond motifs is 1. The summed E-state index contributed by atoms with van der Waals surface area (Å²) in [5, 5.41) is 19.7. The Morgan fingerprint density at radius 2 is 1.59 bits per heavy atom. The lowest BCUT2D eigenvalue weighted by atomic mass is 10.0. The highest BCUT2D eigenvalue weighted by Gasteiger charge is 2.16. The Bertz CT molecular complexity index is 1470. The number of benzene rings is 2. The zero-order valence-corrected chi connectivity index (χ0v) is 22.4. The fraction of sp³-hybridized carbons (Fsp3) is 0.0952. The molecular formula is C21H20BrN3O10P2. The van der Waals surface area contributed by atoms with Crippen LogP contribution >= 0.6 is 31.6 Å². The summed E-state index contributed by atoms with van der Waals surface area (Å²) in [7, 11) is -7.75. The number of hydrogen-bond donors (Lipinski definition) is 6. The first-order valence-corrected chi connectivity index (χ1v) is 13.5. The van der Waals surface area contributed by atoms with Crippen molar-refractivity contribution in [2.75, 3.05) is 7.11 Å². The Morgan fingerprint density at radius 3 is 2.05 bits per heavy atom. The summed E-state index contributed by atoms with van der Waals surface area (Å²) in [6, 6.07) is 14.8. The van der Waals surface area contributed by atoms with Crippen molar-refractivity contribution in [2.45, 2.75) is 6.92 Å². The van der Waals surface area contributed by atoms with Crippen LogP contribution in [0.1, 0.15) is 28.4 Å². The minimum atomic E-state index is -4.64. The van der Waals surface area contributed by atoms with Crippen LogP contribution in [0.4, 0.5) is 0 Å². The smallest absolute Gasteiger partial charge is 0.466 e. The number of methoxy groups -OCH3 is 1. The molecule has 13 nitrogen and oxygen atoms in total. The molecule has 0 aliphatic rings. The van der Waals surface area contributed by atoms with E-state index in [0.29, 0.717) is 28.0 Å². The van der Waals surface area contributed by atoms with Crippen LogP contribution in [0.2, 0.25) is 0 Å². The van der Waals surface area contributed by atoms with Crippen molar-refractivity contribution in [3.63, 3.8) is 0 Å².